The van der Waals surface area contributed by atoms with Crippen molar-refractivity contribution in [1.82, 2.24) is 4.98 Å². The second-order valence-corrected chi connectivity index (χ2v) is 2.89. The molecule has 0 amide bonds. The van der Waals surface area contributed by atoms with E-state index in [4.69, 9.17) is 0 Å². The highest BCUT2D eigenvalue weighted by Crippen LogP contribution is 2.15. The first-order valence-electron chi connectivity index (χ1n) is 2.93. The van der Waals surface area contributed by atoms with Crippen molar-refractivity contribution in [2.45, 2.75) is 6.92 Å². The van der Waals surface area contributed by atoms with Crippen molar-refractivity contribution in [2.24, 2.45) is 0 Å². The summed E-state index contributed by atoms with van der Waals surface area (Å²) in [5.41, 5.74) is 0.256. The molecule has 0 spiro atoms. The first-order chi connectivity index (χ1) is 5.11. The molecule has 0 saturated heterocycles. The van der Waals surface area contributed by atoms with Crippen molar-refractivity contribution in [1.29, 1.82) is 0 Å². The minimum atomic E-state index is -0.457. The third-order valence-corrected chi connectivity index (χ3v) is 1.75. The van der Waals surface area contributed by atoms with Gasteiger partial charge in [-0.2, -0.15) is 0 Å². The van der Waals surface area contributed by atoms with Crippen molar-refractivity contribution in [3.63, 3.8) is 0 Å². The van der Waals surface area contributed by atoms with E-state index < -0.39 is 5.82 Å². The maximum absolute atomic E-state index is 12.4. The summed E-state index contributed by atoms with van der Waals surface area (Å²) in [6.45, 7) is 1.38. The van der Waals surface area contributed by atoms with Gasteiger partial charge in [0.2, 0.25) is 0 Å². The van der Waals surface area contributed by atoms with Gasteiger partial charge in [-0.05, 0) is 22.0 Å². The van der Waals surface area contributed by atoms with Crippen molar-refractivity contribution < 1.29 is 9.18 Å². The molecule has 5 heteroatoms. The molecule has 0 aromatic carbocycles. The first-order valence-corrected chi connectivity index (χ1v) is 3.72. The zero-order valence-electron chi connectivity index (χ0n) is 6.17. The summed E-state index contributed by atoms with van der Waals surface area (Å²) in [5, 5.41) is 0. The quantitative estimate of drug-likeness (QED) is 0.721. The van der Waals surface area contributed by atoms with Crippen molar-refractivity contribution >= 4 is 34.1 Å². The molecule has 1 aromatic rings. The van der Waals surface area contributed by atoms with E-state index in [1.165, 1.54) is 13.0 Å². The Morgan fingerprint density at radius 3 is 2.67 bits per heavy atom. The lowest BCUT2D eigenvalue weighted by Gasteiger charge is -1.96. The van der Waals surface area contributed by atoms with E-state index in [9.17, 15) is 9.18 Å². The largest absolute Gasteiger partial charge is 0.293 e. The standard InChI is InChI=1S/C7H5BrFNO.ClH/c1-4(11)7-6(8)2-5(9)3-10-7;/h2-3H,1H3;1H. The number of ketones is 1. The Hall–Kier alpha value is -0.480. The number of nitrogens with zero attached hydrogens (tertiary/aromatic N) is 1. The van der Waals surface area contributed by atoms with E-state index in [2.05, 4.69) is 20.9 Å². The lowest BCUT2D eigenvalue weighted by molar-refractivity contribution is 0.101. The zero-order chi connectivity index (χ0) is 8.43. The van der Waals surface area contributed by atoms with Gasteiger partial charge < -0.3 is 0 Å². The summed E-state index contributed by atoms with van der Waals surface area (Å²) >= 11 is 3.02. The summed E-state index contributed by atoms with van der Waals surface area (Å²) < 4.78 is 12.8. The van der Waals surface area contributed by atoms with Gasteiger partial charge in [-0.15, -0.1) is 12.4 Å². The molecule has 66 valence electrons. The molecule has 0 N–H and O–H groups in total. The van der Waals surface area contributed by atoms with Crippen LogP contribution in [0.2, 0.25) is 0 Å². The van der Waals surface area contributed by atoms with E-state index in [1.807, 2.05) is 0 Å². The van der Waals surface area contributed by atoms with Crippen LogP contribution in [0.25, 0.3) is 0 Å². The summed E-state index contributed by atoms with van der Waals surface area (Å²) in [5.74, 6) is -0.640. The molecule has 2 nitrogen and oxygen atoms in total. The highest BCUT2D eigenvalue weighted by molar-refractivity contribution is 9.10. The minimum Gasteiger partial charge on any atom is -0.293 e. The number of rotatable bonds is 1. The second kappa shape index (κ2) is 4.52. The lowest BCUT2D eigenvalue weighted by Crippen LogP contribution is -1.98. The Kier molecular flexibility index (Phi) is 4.34. The Morgan fingerprint density at radius 1 is 1.67 bits per heavy atom. The smallest absolute Gasteiger partial charge is 0.179 e. The summed E-state index contributed by atoms with van der Waals surface area (Å²) in [7, 11) is 0. The molecule has 0 radical (unpaired) electrons. The average molecular weight is 254 g/mol. The van der Waals surface area contributed by atoms with E-state index in [1.54, 1.807) is 0 Å². The molecule has 0 aliphatic heterocycles. The molecule has 0 bridgehead atoms. The molecule has 0 atom stereocenters. The van der Waals surface area contributed by atoms with Gasteiger partial charge in [-0.25, -0.2) is 9.37 Å². The molecule has 0 unspecified atom stereocenters. The van der Waals surface area contributed by atoms with Gasteiger partial charge in [0.15, 0.2) is 5.78 Å². The van der Waals surface area contributed by atoms with Crippen LogP contribution in [0.15, 0.2) is 16.7 Å². The normalized spacial score (nSPS) is 8.92. The van der Waals surface area contributed by atoms with Crippen LogP contribution in [0, 0.1) is 5.82 Å². The van der Waals surface area contributed by atoms with Crippen LogP contribution >= 0.6 is 28.3 Å². The van der Waals surface area contributed by atoms with Crippen molar-refractivity contribution in [3.8, 4) is 0 Å². The number of pyridine rings is 1. The number of halogens is 3. The summed E-state index contributed by atoms with van der Waals surface area (Å²) in [4.78, 5) is 14.4. The molecule has 0 fully saturated rings. The molecule has 0 aliphatic rings. The predicted molar refractivity (Wildman–Crippen MR) is 49.1 cm³/mol. The molecule has 1 rings (SSSR count). The van der Waals surface area contributed by atoms with Gasteiger partial charge in [0.1, 0.15) is 11.5 Å². The topological polar surface area (TPSA) is 30.0 Å². The Morgan fingerprint density at radius 2 is 2.25 bits per heavy atom. The number of Topliss-reactive ketones (excluding diaryl/α,β-unsaturated/α-hetero) is 1. The Balaban J connectivity index is 0.00000121. The van der Waals surface area contributed by atoms with Crippen LogP contribution in [0.5, 0.6) is 0 Å². The van der Waals surface area contributed by atoms with E-state index in [-0.39, 0.29) is 23.9 Å². The van der Waals surface area contributed by atoms with Crippen LogP contribution in [-0.2, 0) is 0 Å². The summed E-state index contributed by atoms with van der Waals surface area (Å²) in [6.07, 6.45) is 1.02. The molecule has 12 heavy (non-hydrogen) atoms. The lowest BCUT2D eigenvalue weighted by atomic mass is 10.3. The van der Waals surface area contributed by atoms with Crippen LogP contribution in [0.4, 0.5) is 4.39 Å². The number of hydrogen-bond donors (Lipinski definition) is 0. The van der Waals surface area contributed by atoms with E-state index >= 15 is 0 Å². The molecule has 0 saturated carbocycles. The minimum absolute atomic E-state index is 0. The zero-order valence-corrected chi connectivity index (χ0v) is 8.58. The summed E-state index contributed by atoms with van der Waals surface area (Å²) in [6, 6.07) is 1.21. The highest BCUT2D eigenvalue weighted by atomic mass is 79.9. The number of carbonyl (C=O) groups is 1. The van der Waals surface area contributed by atoms with Crippen molar-refractivity contribution in [3.05, 3.63) is 28.2 Å². The van der Waals surface area contributed by atoms with Gasteiger partial charge >= 0.3 is 0 Å². The molecular formula is C7H6BrClFNO. The van der Waals surface area contributed by atoms with E-state index in [0.717, 1.165) is 6.20 Å². The van der Waals surface area contributed by atoms with Gasteiger partial charge in [0.25, 0.3) is 0 Å². The van der Waals surface area contributed by atoms with Crippen LogP contribution in [0.1, 0.15) is 17.4 Å². The second-order valence-electron chi connectivity index (χ2n) is 2.04. The third-order valence-electron chi connectivity index (χ3n) is 1.14. The molecule has 0 aliphatic carbocycles. The molecular weight excluding hydrogens is 248 g/mol. The van der Waals surface area contributed by atoms with Crippen LogP contribution in [0.3, 0.4) is 0 Å². The van der Waals surface area contributed by atoms with Crippen molar-refractivity contribution in [2.75, 3.05) is 0 Å². The highest BCUT2D eigenvalue weighted by Gasteiger charge is 2.06. The monoisotopic (exact) mass is 253 g/mol. The maximum atomic E-state index is 12.4. The Labute approximate surface area is 83.7 Å². The molecule has 1 heterocycles. The average Bonchev–Trinajstić information content (AvgIpc) is 1.85. The van der Waals surface area contributed by atoms with Crippen LogP contribution in [-0.4, -0.2) is 10.8 Å². The molecule has 1 aromatic heterocycles. The van der Waals surface area contributed by atoms with Gasteiger partial charge in [-0.1, -0.05) is 0 Å². The SMILES string of the molecule is CC(=O)c1ncc(F)cc1Br.Cl. The number of aromatic nitrogens is 1. The van der Waals surface area contributed by atoms with Gasteiger partial charge in [0.05, 0.1) is 6.20 Å². The maximum Gasteiger partial charge on any atom is 0.179 e. The van der Waals surface area contributed by atoms with Crippen LogP contribution < -0.4 is 0 Å². The predicted octanol–water partition coefficient (Wildman–Crippen LogP) is 2.61. The van der Waals surface area contributed by atoms with E-state index in [0.29, 0.717) is 4.47 Å². The fourth-order valence-electron chi connectivity index (χ4n) is 0.674. The fraction of sp³-hybridized carbons (Fsp3) is 0.143. The third kappa shape index (κ3) is 2.53. The number of hydrogen-bond acceptors (Lipinski definition) is 2. The van der Waals surface area contributed by atoms with Gasteiger partial charge in [-0.3, -0.25) is 4.79 Å². The number of carbonyl (C=O) groups excluding carboxylic acids is 1. The fourth-order valence-corrected chi connectivity index (χ4v) is 1.27. The van der Waals surface area contributed by atoms with Gasteiger partial charge in [0, 0.05) is 11.4 Å². The Bertz CT molecular complexity index is 305. The first kappa shape index (κ1) is 11.5.